The first-order valence-electron chi connectivity index (χ1n) is 9.85. The van der Waals surface area contributed by atoms with E-state index in [1.165, 1.54) is 0 Å². The number of carbonyl (C=O) groups is 2. The number of rotatable bonds is 6. The topological polar surface area (TPSA) is 77.1 Å². The van der Waals surface area contributed by atoms with Crippen LogP contribution in [-0.4, -0.2) is 54.5 Å². The summed E-state index contributed by atoms with van der Waals surface area (Å²) in [5.41, 5.74) is 0.379. The Balaban J connectivity index is 1.89. The fourth-order valence-electron chi connectivity index (χ4n) is 2.93. The quantitative estimate of drug-likeness (QED) is 0.798. The zero-order chi connectivity index (χ0) is 20.6. The molecule has 7 nitrogen and oxygen atoms in total. The first kappa shape index (κ1) is 22.0. The minimum atomic E-state index is -0.548. The van der Waals surface area contributed by atoms with Crippen LogP contribution in [0.4, 0.5) is 9.59 Å². The van der Waals surface area contributed by atoms with Gasteiger partial charge in [-0.2, -0.15) is 0 Å². The number of benzene rings is 1. The SMILES string of the molecule is CCCO[C@H]1CN(C(=O)OC(C)(C)C)CC[C@@H]1NC(=O)OCc1ccccc1. The number of ether oxygens (including phenoxy) is 3. The molecule has 0 aromatic heterocycles. The lowest BCUT2D eigenvalue weighted by atomic mass is 10.0. The lowest BCUT2D eigenvalue weighted by Crippen LogP contribution is -2.57. The predicted molar refractivity (Wildman–Crippen MR) is 106 cm³/mol. The molecule has 1 saturated heterocycles. The average molecular weight is 392 g/mol. The second-order valence-corrected chi connectivity index (χ2v) is 7.94. The molecule has 1 fully saturated rings. The average Bonchev–Trinajstić information content (AvgIpc) is 2.65. The molecular weight excluding hydrogens is 360 g/mol. The molecule has 1 aromatic carbocycles. The number of carbonyl (C=O) groups excluding carboxylic acids is 2. The van der Waals surface area contributed by atoms with E-state index in [9.17, 15) is 9.59 Å². The van der Waals surface area contributed by atoms with Crippen LogP contribution in [0.3, 0.4) is 0 Å². The summed E-state index contributed by atoms with van der Waals surface area (Å²) in [4.78, 5) is 26.2. The minimum absolute atomic E-state index is 0.212. The Morgan fingerprint density at radius 3 is 2.57 bits per heavy atom. The molecule has 0 bridgehead atoms. The number of piperidine rings is 1. The minimum Gasteiger partial charge on any atom is -0.445 e. The molecule has 2 rings (SSSR count). The highest BCUT2D eigenvalue weighted by atomic mass is 16.6. The molecule has 156 valence electrons. The highest BCUT2D eigenvalue weighted by molar-refractivity contribution is 5.69. The Kier molecular flexibility index (Phi) is 8.11. The van der Waals surface area contributed by atoms with Crippen LogP contribution >= 0.6 is 0 Å². The summed E-state index contributed by atoms with van der Waals surface area (Å²) < 4.78 is 16.7. The lowest BCUT2D eigenvalue weighted by molar-refractivity contribution is -0.0340. The predicted octanol–water partition coefficient (Wildman–Crippen LogP) is 3.72. The fraction of sp³-hybridized carbons (Fsp3) is 0.619. The second kappa shape index (κ2) is 10.3. The van der Waals surface area contributed by atoms with E-state index < -0.39 is 11.7 Å². The Bertz CT molecular complexity index is 629. The maximum atomic E-state index is 12.4. The molecule has 1 aromatic rings. The normalized spacial score (nSPS) is 19.8. The van der Waals surface area contributed by atoms with Crippen molar-refractivity contribution in [1.82, 2.24) is 10.2 Å². The fourth-order valence-corrected chi connectivity index (χ4v) is 2.93. The van der Waals surface area contributed by atoms with Crippen LogP contribution < -0.4 is 5.32 Å². The highest BCUT2D eigenvalue weighted by Gasteiger charge is 2.35. The molecule has 1 N–H and O–H groups in total. The van der Waals surface area contributed by atoms with Crippen molar-refractivity contribution in [3.63, 3.8) is 0 Å². The van der Waals surface area contributed by atoms with Crippen molar-refractivity contribution in [2.45, 2.75) is 64.9 Å². The van der Waals surface area contributed by atoms with Crippen LogP contribution in [-0.2, 0) is 20.8 Å². The zero-order valence-electron chi connectivity index (χ0n) is 17.3. The van der Waals surface area contributed by atoms with Gasteiger partial charge >= 0.3 is 12.2 Å². The van der Waals surface area contributed by atoms with Crippen LogP contribution in [0.2, 0.25) is 0 Å². The number of hydrogen-bond donors (Lipinski definition) is 1. The summed E-state index contributed by atoms with van der Waals surface area (Å²) in [6.07, 6.45) is 0.292. The van der Waals surface area contributed by atoms with Gasteiger partial charge < -0.3 is 24.4 Å². The van der Waals surface area contributed by atoms with Crippen molar-refractivity contribution in [1.29, 1.82) is 0 Å². The number of likely N-dealkylation sites (tertiary alicyclic amines) is 1. The summed E-state index contributed by atoms with van der Waals surface area (Å²) in [5, 5.41) is 2.89. The standard InChI is InChI=1S/C21H32N2O5/c1-5-13-26-18-14-23(20(25)28-21(2,3)4)12-11-17(18)22-19(24)27-15-16-9-7-6-8-10-16/h6-10,17-18H,5,11-15H2,1-4H3,(H,22,24)/t17-,18-/m0/s1. The molecule has 7 heteroatoms. The molecule has 1 aliphatic rings. The van der Waals surface area contributed by atoms with E-state index in [0.717, 1.165) is 12.0 Å². The Morgan fingerprint density at radius 2 is 1.93 bits per heavy atom. The van der Waals surface area contributed by atoms with Gasteiger partial charge in [0, 0.05) is 13.2 Å². The maximum absolute atomic E-state index is 12.4. The van der Waals surface area contributed by atoms with E-state index in [1.807, 2.05) is 58.0 Å². The third kappa shape index (κ3) is 7.38. The molecule has 0 spiro atoms. The molecule has 2 atom stereocenters. The van der Waals surface area contributed by atoms with Crippen molar-refractivity contribution in [3.8, 4) is 0 Å². The number of hydrogen-bond acceptors (Lipinski definition) is 5. The summed E-state index contributed by atoms with van der Waals surface area (Å²) in [7, 11) is 0. The molecule has 28 heavy (non-hydrogen) atoms. The van der Waals surface area contributed by atoms with Crippen molar-refractivity contribution in [2.75, 3.05) is 19.7 Å². The van der Waals surface area contributed by atoms with E-state index in [-0.39, 0.29) is 24.8 Å². The van der Waals surface area contributed by atoms with Crippen molar-refractivity contribution < 1.29 is 23.8 Å². The number of amides is 2. The van der Waals surface area contributed by atoms with Gasteiger partial charge in [-0.15, -0.1) is 0 Å². The smallest absolute Gasteiger partial charge is 0.410 e. The van der Waals surface area contributed by atoms with Crippen molar-refractivity contribution in [2.24, 2.45) is 0 Å². The molecule has 0 aliphatic carbocycles. The first-order chi connectivity index (χ1) is 13.3. The largest absolute Gasteiger partial charge is 0.445 e. The van der Waals surface area contributed by atoms with Gasteiger partial charge in [-0.1, -0.05) is 37.3 Å². The van der Waals surface area contributed by atoms with E-state index in [4.69, 9.17) is 14.2 Å². The third-order valence-electron chi connectivity index (χ3n) is 4.26. The molecule has 1 aliphatic heterocycles. The van der Waals surface area contributed by atoms with Gasteiger partial charge in [0.15, 0.2) is 0 Å². The van der Waals surface area contributed by atoms with E-state index in [2.05, 4.69) is 5.32 Å². The highest BCUT2D eigenvalue weighted by Crippen LogP contribution is 2.18. The van der Waals surface area contributed by atoms with Crippen LogP contribution in [0, 0.1) is 0 Å². The Hall–Kier alpha value is -2.28. The molecule has 1 heterocycles. The van der Waals surface area contributed by atoms with E-state index in [0.29, 0.717) is 26.1 Å². The van der Waals surface area contributed by atoms with Gasteiger partial charge in [0.2, 0.25) is 0 Å². The first-order valence-corrected chi connectivity index (χ1v) is 9.85. The Labute approximate surface area is 167 Å². The van der Waals surface area contributed by atoms with Gasteiger partial charge in [-0.25, -0.2) is 9.59 Å². The summed E-state index contributed by atoms with van der Waals surface area (Å²) in [5.74, 6) is 0. The van der Waals surface area contributed by atoms with Crippen LogP contribution in [0.1, 0.15) is 46.1 Å². The summed E-state index contributed by atoms with van der Waals surface area (Å²) in [6, 6.07) is 9.31. The molecule has 0 saturated carbocycles. The lowest BCUT2D eigenvalue weighted by Gasteiger charge is -2.38. The zero-order valence-corrected chi connectivity index (χ0v) is 17.3. The van der Waals surface area contributed by atoms with Crippen molar-refractivity contribution >= 4 is 12.2 Å². The van der Waals surface area contributed by atoms with Gasteiger partial charge in [0.1, 0.15) is 12.2 Å². The summed E-state index contributed by atoms with van der Waals surface area (Å²) in [6.45, 7) is 9.18. The second-order valence-electron chi connectivity index (χ2n) is 7.94. The van der Waals surface area contributed by atoms with Gasteiger partial charge in [-0.3, -0.25) is 0 Å². The summed E-state index contributed by atoms with van der Waals surface area (Å²) >= 11 is 0. The van der Waals surface area contributed by atoms with Crippen LogP contribution in [0.15, 0.2) is 30.3 Å². The van der Waals surface area contributed by atoms with Crippen LogP contribution in [0.5, 0.6) is 0 Å². The molecule has 0 radical (unpaired) electrons. The van der Waals surface area contributed by atoms with Gasteiger partial charge in [-0.05, 0) is 39.2 Å². The Morgan fingerprint density at radius 1 is 1.21 bits per heavy atom. The maximum Gasteiger partial charge on any atom is 0.410 e. The number of nitrogens with one attached hydrogen (secondary N) is 1. The molecular formula is C21H32N2O5. The van der Waals surface area contributed by atoms with Gasteiger partial charge in [0.25, 0.3) is 0 Å². The van der Waals surface area contributed by atoms with E-state index >= 15 is 0 Å². The monoisotopic (exact) mass is 392 g/mol. The molecule has 0 unspecified atom stereocenters. The third-order valence-corrected chi connectivity index (χ3v) is 4.26. The van der Waals surface area contributed by atoms with E-state index in [1.54, 1.807) is 4.90 Å². The van der Waals surface area contributed by atoms with Gasteiger partial charge in [0.05, 0.1) is 18.7 Å². The number of nitrogens with zero attached hydrogens (tertiary/aromatic N) is 1. The van der Waals surface area contributed by atoms with Crippen molar-refractivity contribution in [3.05, 3.63) is 35.9 Å². The molecule has 2 amide bonds. The number of alkyl carbamates (subject to hydrolysis) is 1. The van der Waals surface area contributed by atoms with Crippen LogP contribution in [0.25, 0.3) is 0 Å².